The molecule has 0 unspecified atom stereocenters. The van der Waals surface area contributed by atoms with Crippen LogP contribution in [0.15, 0.2) is 35.5 Å². The van der Waals surface area contributed by atoms with Crippen LogP contribution in [0.25, 0.3) is 10.3 Å². The molecule has 1 atom stereocenters. The van der Waals surface area contributed by atoms with Gasteiger partial charge in [0.2, 0.25) is 0 Å². The molecule has 3 rings (SSSR count). The second kappa shape index (κ2) is 8.99. The van der Waals surface area contributed by atoms with Gasteiger partial charge in [-0.25, -0.2) is 15.0 Å². The van der Waals surface area contributed by atoms with E-state index in [0.717, 1.165) is 16.9 Å². The summed E-state index contributed by atoms with van der Waals surface area (Å²) in [6.07, 6.45) is 0.848. The van der Waals surface area contributed by atoms with Gasteiger partial charge in [-0.3, -0.25) is 0 Å². The summed E-state index contributed by atoms with van der Waals surface area (Å²) < 4.78 is 1.26. The molecule has 5 nitrogen and oxygen atoms in total. The van der Waals surface area contributed by atoms with E-state index in [2.05, 4.69) is 46.2 Å². The summed E-state index contributed by atoms with van der Waals surface area (Å²) in [5, 5.41) is 13.7. The molecule has 8 heteroatoms. The normalized spacial score (nSPS) is 12.7. The van der Waals surface area contributed by atoms with Gasteiger partial charge in [0.05, 0.1) is 12.6 Å². The molecule has 0 bridgehead atoms. The van der Waals surface area contributed by atoms with Crippen LogP contribution in [0.4, 0.5) is 5.82 Å². The van der Waals surface area contributed by atoms with Crippen LogP contribution >= 0.6 is 34.7 Å². The number of anilines is 1. The van der Waals surface area contributed by atoms with Crippen molar-refractivity contribution in [3.8, 4) is 0 Å². The average molecular weight is 409 g/mol. The Bertz CT molecular complexity index is 857. The lowest BCUT2D eigenvalue weighted by Crippen LogP contribution is -2.26. The number of halogens is 1. The lowest BCUT2D eigenvalue weighted by molar-refractivity contribution is 0.259. The minimum Gasteiger partial charge on any atom is -0.394 e. The lowest BCUT2D eigenvalue weighted by atomic mass is 10.0. The van der Waals surface area contributed by atoms with Gasteiger partial charge < -0.3 is 10.4 Å². The van der Waals surface area contributed by atoms with Gasteiger partial charge in [0, 0.05) is 5.75 Å². The highest BCUT2D eigenvalue weighted by molar-refractivity contribution is 7.98. The van der Waals surface area contributed by atoms with Crippen molar-refractivity contribution in [2.75, 3.05) is 11.9 Å². The number of rotatable bonds is 8. The molecule has 1 aromatic carbocycles. The van der Waals surface area contributed by atoms with E-state index in [1.165, 1.54) is 16.9 Å². The van der Waals surface area contributed by atoms with Gasteiger partial charge in [-0.15, -0.1) is 0 Å². The van der Waals surface area contributed by atoms with Crippen molar-refractivity contribution in [1.29, 1.82) is 0 Å². The van der Waals surface area contributed by atoms with E-state index < -0.39 is 0 Å². The first-order valence-corrected chi connectivity index (χ1v) is 10.6. The Hall–Kier alpha value is -1.41. The molecule has 138 valence electrons. The van der Waals surface area contributed by atoms with Crippen LogP contribution in [0.2, 0.25) is 4.47 Å². The third-order valence-electron chi connectivity index (χ3n) is 3.74. The van der Waals surface area contributed by atoms with Gasteiger partial charge in [-0.1, -0.05) is 78.9 Å². The maximum Gasteiger partial charge on any atom is 0.191 e. The predicted molar refractivity (Wildman–Crippen MR) is 110 cm³/mol. The fraction of sp³-hybridized carbons (Fsp3) is 0.389. The maximum absolute atomic E-state index is 9.69. The standard InChI is InChI=1S/C18H21ClN4OS2/c1-11(2)8-13(9-24)20-15-14-16(21-17(19)26-14)23-18(22-15)25-10-12-6-4-3-5-7-12/h3-7,11,13,24H,8-10H2,1-2H3,(H,20,22,23)/t13-/m1/s1. The molecule has 0 radical (unpaired) electrons. The SMILES string of the molecule is CC(C)C[C@H](CO)Nc1nc(SCc2ccccc2)nc2nc(Cl)sc12. The van der Waals surface area contributed by atoms with Crippen molar-refractivity contribution < 1.29 is 5.11 Å². The molecule has 26 heavy (non-hydrogen) atoms. The number of thioether (sulfide) groups is 1. The molecule has 0 saturated heterocycles. The van der Waals surface area contributed by atoms with Crippen molar-refractivity contribution in [3.05, 3.63) is 40.4 Å². The number of hydrogen-bond donors (Lipinski definition) is 2. The molecular formula is C18H21ClN4OS2. The van der Waals surface area contributed by atoms with Crippen molar-refractivity contribution in [1.82, 2.24) is 15.0 Å². The number of aliphatic hydroxyl groups excluding tert-OH is 1. The summed E-state index contributed by atoms with van der Waals surface area (Å²) in [6, 6.07) is 10.1. The van der Waals surface area contributed by atoms with Crippen LogP contribution in [-0.4, -0.2) is 32.7 Å². The van der Waals surface area contributed by atoms with Gasteiger partial charge in [0.1, 0.15) is 4.70 Å². The Labute approximate surface area is 166 Å². The van der Waals surface area contributed by atoms with Gasteiger partial charge in [0.25, 0.3) is 0 Å². The Morgan fingerprint density at radius 3 is 2.65 bits per heavy atom. The van der Waals surface area contributed by atoms with Crippen LogP contribution in [-0.2, 0) is 5.75 Å². The number of aliphatic hydroxyl groups is 1. The third kappa shape index (κ3) is 5.07. The van der Waals surface area contributed by atoms with Gasteiger partial charge >= 0.3 is 0 Å². The first-order valence-electron chi connectivity index (χ1n) is 8.43. The van der Waals surface area contributed by atoms with Crippen LogP contribution in [0.1, 0.15) is 25.8 Å². The zero-order valence-corrected chi connectivity index (χ0v) is 17.0. The minimum absolute atomic E-state index is 0.0443. The third-order valence-corrected chi connectivity index (χ3v) is 5.81. The molecule has 0 amide bonds. The monoisotopic (exact) mass is 408 g/mol. The molecule has 0 aliphatic heterocycles. The molecule has 0 spiro atoms. The summed E-state index contributed by atoms with van der Waals surface area (Å²) in [5.74, 6) is 1.93. The van der Waals surface area contributed by atoms with E-state index in [1.807, 2.05) is 18.2 Å². The van der Waals surface area contributed by atoms with Gasteiger partial charge in [-0.2, -0.15) is 0 Å². The number of benzene rings is 1. The Balaban J connectivity index is 1.85. The summed E-state index contributed by atoms with van der Waals surface area (Å²) in [4.78, 5) is 13.5. The second-order valence-electron chi connectivity index (χ2n) is 6.40. The topological polar surface area (TPSA) is 70.9 Å². The maximum atomic E-state index is 9.69. The van der Waals surface area contributed by atoms with Crippen molar-refractivity contribution in [3.63, 3.8) is 0 Å². The highest BCUT2D eigenvalue weighted by Crippen LogP contribution is 2.33. The minimum atomic E-state index is -0.0686. The molecule has 3 aromatic rings. The molecule has 0 aliphatic carbocycles. The fourth-order valence-electron chi connectivity index (χ4n) is 2.60. The zero-order valence-electron chi connectivity index (χ0n) is 14.6. The number of thiazole rings is 1. The first-order chi connectivity index (χ1) is 12.5. The van der Waals surface area contributed by atoms with Crippen molar-refractivity contribution >= 4 is 50.9 Å². The molecule has 2 N–H and O–H groups in total. The summed E-state index contributed by atoms with van der Waals surface area (Å²) in [7, 11) is 0. The quantitative estimate of drug-likeness (QED) is 0.410. The van der Waals surface area contributed by atoms with E-state index in [-0.39, 0.29) is 12.6 Å². The lowest BCUT2D eigenvalue weighted by Gasteiger charge is -2.19. The van der Waals surface area contributed by atoms with Crippen LogP contribution in [0.5, 0.6) is 0 Å². The summed E-state index contributed by atoms with van der Waals surface area (Å²) >= 11 is 9.00. The Morgan fingerprint density at radius 1 is 1.19 bits per heavy atom. The van der Waals surface area contributed by atoms with Crippen molar-refractivity contribution in [2.24, 2.45) is 5.92 Å². The van der Waals surface area contributed by atoms with Gasteiger partial charge in [-0.05, 0) is 17.9 Å². The van der Waals surface area contributed by atoms with Crippen LogP contribution in [0.3, 0.4) is 0 Å². The number of aromatic nitrogens is 3. The van der Waals surface area contributed by atoms with Gasteiger partial charge in [0.15, 0.2) is 21.1 Å². The van der Waals surface area contributed by atoms with E-state index in [1.54, 1.807) is 11.8 Å². The first kappa shape index (κ1) is 19.4. The van der Waals surface area contributed by atoms with Crippen molar-refractivity contribution in [2.45, 2.75) is 37.2 Å². The fourth-order valence-corrected chi connectivity index (χ4v) is 4.40. The van der Waals surface area contributed by atoms with E-state index in [0.29, 0.717) is 27.0 Å². The number of nitrogens with zero attached hydrogens (tertiary/aromatic N) is 3. The number of fused-ring (bicyclic) bond motifs is 1. The zero-order chi connectivity index (χ0) is 18.5. The highest BCUT2D eigenvalue weighted by Gasteiger charge is 2.17. The molecule has 0 saturated carbocycles. The number of hydrogen-bond acceptors (Lipinski definition) is 7. The Kier molecular flexibility index (Phi) is 6.69. The second-order valence-corrected chi connectivity index (χ2v) is 8.93. The number of nitrogens with one attached hydrogen (secondary N) is 1. The summed E-state index contributed by atoms with van der Waals surface area (Å²) in [5.41, 5.74) is 1.80. The Morgan fingerprint density at radius 2 is 1.96 bits per heavy atom. The van der Waals surface area contributed by atoms with Crippen LogP contribution in [0, 0.1) is 5.92 Å². The van der Waals surface area contributed by atoms with E-state index in [4.69, 9.17) is 11.6 Å². The summed E-state index contributed by atoms with van der Waals surface area (Å²) in [6.45, 7) is 4.30. The molecule has 0 aliphatic rings. The highest BCUT2D eigenvalue weighted by atomic mass is 35.5. The van der Waals surface area contributed by atoms with E-state index in [9.17, 15) is 5.11 Å². The molecular weight excluding hydrogens is 388 g/mol. The smallest absolute Gasteiger partial charge is 0.191 e. The molecule has 2 heterocycles. The largest absolute Gasteiger partial charge is 0.394 e. The van der Waals surface area contributed by atoms with Crippen LogP contribution < -0.4 is 5.32 Å². The molecule has 0 fully saturated rings. The van der Waals surface area contributed by atoms with E-state index >= 15 is 0 Å². The molecule has 2 aromatic heterocycles. The predicted octanol–water partition coefficient (Wildman–Crippen LogP) is 4.85. The average Bonchev–Trinajstić information content (AvgIpc) is 3.00.